The molecule has 156 valence electrons. The molecule has 0 saturated heterocycles. The Morgan fingerprint density at radius 2 is 1.77 bits per heavy atom. The summed E-state index contributed by atoms with van der Waals surface area (Å²) in [4.78, 5) is 26.9. The number of aryl methyl sites for hydroxylation is 3. The first-order valence-corrected chi connectivity index (χ1v) is 10.1. The zero-order valence-electron chi connectivity index (χ0n) is 17.2. The number of halogens is 2. The first kappa shape index (κ1) is 21.9. The van der Waals surface area contributed by atoms with E-state index in [-0.39, 0.29) is 17.5 Å². The van der Waals surface area contributed by atoms with E-state index >= 15 is 0 Å². The third-order valence-electron chi connectivity index (χ3n) is 4.84. The van der Waals surface area contributed by atoms with Gasteiger partial charge >= 0.3 is 0 Å². The average Bonchev–Trinajstić information content (AvgIpc) is 2.69. The van der Waals surface area contributed by atoms with E-state index < -0.39 is 5.56 Å². The van der Waals surface area contributed by atoms with Crippen molar-refractivity contribution in [3.63, 3.8) is 0 Å². The molecule has 8 heteroatoms. The van der Waals surface area contributed by atoms with Gasteiger partial charge in [0.25, 0.3) is 5.56 Å². The van der Waals surface area contributed by atoms with Crippen LogP contribution in [0.15, 0.2) is 47.4 Å². The molecular weight excluding hydrogens is 423 g/mol. The van der Waals surface area contributed by atoms with Gasteiger partial charge in [-0.3, -0.25) is 9.59 Å². The molecule has 0 aliphatic rings. The summed E-state index contributed by atoms with van der Waals surface area (Å²) >= 11 is 12.5. The molecule has 30 heavy (non-hydrogen) atoms. The summed E-state index contributed by atoms with van der Waals surface area (Å²) < 4.78 is 1.18. The summed E-state index contributed by atoms with van der Waals surface area (Å²) in [6.07, 6.45) is 1.46. The van der Waals surface area contributed by atoms with E-state index in [4.69, 9.17) is 23.2 Å². The molecule has 1 aromatic heterocycles. The second-order valence-electron chi connectivity index (χ2n) is 7.17. The largest absolute Gasteiger partial charge is 0.363 e. The van der Waals surface area contributed by atoms with Gasteiger partial charge in [-0.05, 0) is 49.6 Å². The monoisotopic (exact) mass is 444 g/mol. The second kappa shape index (κ2) is 8.90. The van der Waals surface area contributed by atoms with Gasteiger partial charge in [0.05, 0.1) is 24.1 Å². The summed E-state index contributed by atoms with van der Waals surface area (Å²) in [5, 5.41) is 7.63. The molecular formula is C22H22Cl2N4O2. The van der Waals surface area contributed by atoms with Crippen molar-refractivity contribution in [1.29, 1.82) is 0 Å². The molecule has 0 radical (unpaired) electrons. The van der Waals surface area contributed by atoms with Crippen molar-refractivity contribution >= 4 is 40.5 Å². The maximum absolute atomic E-state index is 12.8. The van der Waals surface area contributed by atoms with Gasteiger partial charge in [0.1, 0.15) is 5.02 Å². The molecule has 0 aliphatic heterocycles. The summed E-state index contributed by atoms with van der Waals surface area (Å²) in [5.41, 5.74) is 4.02. The van der Waals surface area contributed by atoms with Gasteiger partial charge in [-0.15, -0.1) is 0 Å². The number of carbonyl (C=O) groups excluding carboxylic acids is 1. The minimum absolute atomic E-state index is 0.00892. The van der Waals surface area contributed by atoms with Crippen molar-refractivity contribution in [2.45, 2.75) is 20.8 Å². The Hall–Kier alpha value is -2.83. The van der Waals surface area contributed by atoms with Crippen LogP contribution in [0.3, 0.4) is 0 Å². The van der Waals surface area contributed by atoms with Crippen LogP contribution in [0, 0.1) is 20.8 Å². The maximum Gasteiger partial charge on any atom is 0.292 e. The molecule has 0 saturated carbocycles. The van der Waals surface area contributed by atoms with Gasteiger partial charge in [-0.1, -0.05) is 47.5 Å². The predicted octanol–water partition coefficient (Wildman–Crippen LogP) is 4.54. The molecule has 0 fully saturated rings. The van der Waals surface area contributed by atoms with Crippen LogP contribution in [0.4, 0.5) is 11.4 Å². The minimum atomic E-state index is -0.490. The zero-order chi connectivity index (χ0) is 22.0. The minimum Gasteiger partial charge on any atom is -0.363 e. The third kappa shape index (κ3) is 4.50. The highest BCUT2D eigenvalue weighted by Crippen LogP contribution is 2.23. The molecule has 3 aromatic rings. The molecule has 0 aliphatic carbocycles. The van der Waals surface area contributed by atoms with Gasteiger partial charge < -0.3 is 10.2 Å². The number of carbonyl (C=O) groups is 1. The number of likely N-dealkylation sites (N-methyl/N-ethyl adjacent to an activating group) is 1. The highest BCUT2D eigenvalue weighted by molar-refractivity contribution is 6.33. The fourth-order valence-corrected chi connectivity index (χ4v) is 3.53. The topological polar surface area (TPSA) is 67.2 Å². The quantitative estimate of drug-likeness (QED) is 0.626. The number of para-hydroxylation sites is 1. The molecule has 1 N–H and O–H groups in total. The van der Waals surface area contributed by atoms with Crippen LogP contribution in [0.2, 0.25) is 10.0 Å². The van der Waals surface area contributed by atoms with E-state index in [0.29, 0.717) is 16.4 Å². The molecule has 2 aromatic carbocycles. The molecule has 0 spiro atoms. The fourth-order valence-electron chi connectivity index (χ4n) is 3.08. The number of hydrogen-bond donors (Lipinski definition) is 1. The average molecular weight is 445 g/mol. The van der Waals surface area contributed by atoms with E-state index in [0.717, 1.165) is 22.4 Å². The zero-order valence-corrected chi connectivity index (χ0v) is 18.7. The molecule has 0 bridgehead atoms. The summed E-state index contributed by atoms with van der Waals surface area (Å²) in [5.74, 6) is -0.222. The standard InChI is InChI=1S/C22H22Cl2N4O2/c1-13-8-9-16(10-17(13)23)28-22(30)20(24)18(11-25-28)27(4)12-19(29)26-21-14(2)6-5-7-15(21)3/h5-11H,12H2,1-4H3,(H,26,29). The van der Waals surface area contributed by atoms with Gasteiger partial charge in [0, 0.05) is 17.8 Å². The lowest BCUT2D eigenvalue weighted by atomic mass is 10.1. The summed E-state index contributed by atoms with van der Waals surface area (Å²) in [6.45, 7) is 5.75. The maximum atomic E-state index is 12.8. The van der Waals surface area contributed by atoms with Gasteiger partial charge in [0.2, 0.25) is 5.91 Å². The van der Waals surface area contributed by atoms with E-state index in [1.165, 1.54) is 10.9 Å². The van der Waals surface area contributed by atoms with E-state index in [1.807, 2.05) is 39.0 Å². The van der Waals surface area contributed by atoms with Gasteiger partial charge in [-0.2, -0.15) is 9.78 Å². The van der Waals surface area contributed by atoms with E-state index in [1.54, 1.807) is 30.1 Å². The Morgan fingerprint density at radius 1 is 1.10 bits per heavy atom. The Bertz CT molecular complexity index is 1150. The highest BCUT2D eigenvalue weighted by Gasteiger charge is 2.17. The lowest BCUT2D eigenvalue weighted by Gasteiger charge is -2.21. The molecule has 1 heterocycles. The molecule has 1 amide bonds. The lowest BCUT2D eigenvalue weighted by molar-refractivity contribution is -0.114. The number of rotatable bonds is 5. The number of aromatic nitrogens is 2. The van der Waals surface area contributed by atoms with Crippen LogP contribution in [0.1, 0.15) is 16.7 Å². The number of benzene rings is 2. The number of nitrogens with zero attached hydrogens (tertiary/aromatic N) is 3. The van der Waals surface area contributed by atoms with Crippen LogP contribution in [0.25, 0.3) is 5.69 Å². The number of nitrogens with one attached hydrogen (secondary N) is 1. The number of amides is 1. The van der Waals surface area contributed by atoms with Crippen molar-refractivity contribution in [3.8, 4) is 5.69 Å². The fraction of sp³-hybridized carbons (Fsp3) is 0.227. The van der Waals surface area contributed by atoms with E-state index in [9.17, 15) is 9.59 Å². The first-order chi connectivity index (χ1) is 14.2. The molecule has 3 rings (SSSR count). The van der Waals surface area contributed by atoms with Crippen molar-refractivity contribution in [2.75, 3.05) is 23.8 Å². The predicted molar refractivity (Wildman–Crippen MR) is 122 cm³/mol. The normalized spacial score (nSPS) is 10.7. The summed E-state index contributed by atoms with van der Waals surface area (Å²) in [7, 11) is 1.68. The molecule has 0 atom stereocenters. The van der Waals surface area contributed by atoms with Crippen molar-refractivity contribution in [1.82, 2.24) is 9.78 Å². The molecule has 6 nitrogen and oxygen atoms in total. The summed E-state index contributed by atoms with van der Waals surface area (Å²) in [6, 6.07) is 11.0. The molecule has 0 unspecified atom stereocenters. The van der Waals surface area contributed by atoms with Crippen molar-refractivity contribution in [3.05, 3.63) is 79.7 Å². The number of anilines is 2. The van der Waals surface area contributed by atoms with Gasteiger partial charge in [-0.25, -0.2) is 0 Å². The van der Waals surface area contributed by atoms with Crippen LogP contribution in [-0.2, 0) is 4.79 Å². The van der Waals surface area contributed by atoms with Crippen LogP contribution in [-0.4, -0.2) is 29.3 Å². The first-order valence-electron chi connectivity index (χ1n) is 9.30. The SMILES string of the molecule is Cc1ccc(-n2ncc(N(C)CC(=O)Nc3c(C)cccc3C)c(Cl)c2=O)cc1Cl. The van der Waals surface area contributed by atoms with Crippen LogP contribution < -0.4 is 15.8 Å². The third-order valence-corrected chi connectivity index (χ3v) is 5.60. The van der Waals surface area contributed by atoms with E-state index in [2.05, 4.69) is 10.4 Å². The Morgan fingerprint density at radius 3 is 2.40 bits per heavy atom. The Balaban J connectivity index is 1.82. The number of hydrogen-bond acceptors (Lipinski definition) is 4. The van der Waals surface area contributed by atoms with Crippen molar-refractivity contribution in [2.24, 2.45) is 0 Å². The highest BCUT2D eigenvalue weighted by atomic mass is 35.5. The van der Waals surface area contributed by atoms with Gasteiger partial charge in [0.15, 0.2) is 0 Å². The Labute approximate surface area is 185 Å². The lowest BCUT2D eigenvalue weighted by Crippen LogP contribution is -2.33. The van der Waals surface area contributed by atoms with Crippen LogP contribution >= 0.6 is 23.2 Å². The smallest absolute Gasteiger partial charge is 0.292 e. The second-order valence-corrected chi connectivity index (χ2v) is 7.95. The Kier molecular flexibility index (Phi) is 6.48. The van der Waals surface area contributed by atoms with Crippen LogP contribution in [0.5, 0.6) is 0 Å². The van der Waals surface area contributed by atoms with Crippen molar-refractivity contribution < 1.29 is 4.79 Å².